The number of aliphatic hydroxyl groups is 1. The van der Waals surface area contributed by atoms with Gasteiger partial charge in [-0.1, -0.05) is 0 Å². The first-order chi connectivity index (χ1) is 9.46. The van der Waals surface area contributed by atoms with Gasteiger partial charge in [0.05, 0.1) is 6.10 Å². The SMILES string of the molecule is CC(O)CCN(C)C(=O)NC12CC3CC(CC(C3)C1)C2. The van der Waals surface area contributed by atoms with Gasteiger partial charge in [-0.25, -0.2) is 4.79 Å². The maximum absolute atomic E-state index is 12.4. The van der Waals surface area contributed by atoms with E-state index in [1.165, 1.54) is 38.5 Å². The Bertz CT molecular complexity index is 345. The van der Waals surface area contributed by atoms with Gasteiger partial charge in [-0.05, 0) is 69.6 Å². The molecule has 0 saturated heterocycles. The number of urea groups is 1. The number of aliphatic hydroxyl groups excluding tert-OH is 1. The molecule has 0 aliphatic heterocycles. The number of nitrogens with zero attached hydrogens (tertiary/aromatic N) is 1. The van der Waals surface area contributed by atoms with Gasteiger partial charge in [-0.15, -0.1) is 0 Å². The highest BCUT2D eigenvalue weighted by molar-refractivity contribution is 5.74. The molecule has 1 unspecified atom stereocenters. The Kier molecular flexibility index (Phi) is 3.69. The second-order valence-electron chi connectivity index (χ2n) is 7.69. The fraction of sp³-hybridized carbons (Fsp3) is 0.938. The average Bonchev–Trinajstić information content (AvgIpc) is 2.33. The van der Waals surface area contributed by atoms with Gasteiger partial charge in [0.2, 0.25) is 0 Å². The van der Waals surface area contributed by atoms with Crippen LogP contribution in [-0.4, -0.2) is 41.3 Å². The quantitative estimate of drug-likeness (QED) is 0.830. The molecule has 20 heavy (non-hydrogen) atoms. The minimum absolute atomic E-state index is 0.0487. The van der Waals surface area contributed by atoms with Crippen LogP contribution in [0.4, 0.5) is 4.79 Å². The van der Waals surface area contributed by atoms with Crippen LogP contribution in [0.1, 0.15) is 51.9 Å². The van der Waals surface area contributed by atoms with E-state index in [4.69, 9.17) is 0 Å². The van der Waals surface area contributed by atoms with Crippen LogP contribution in [0, 0.1) is 17.8 Å². The minimum Gasteiger partial charge on any atom is -0.393 e. The molecule has 2 amide bonds. The zero-order valence-electron chi connectivity index (χ0n) is 12.8. The number of rotatable bonds is 4. The molecule has 4 aliphatic rings. The maximum atomic E-state index is 12.4. The second kappa shape index (κ2) is 5.21. The fourth-order valence-corrected chi connectivity index (χ4v) is 5.07. The number of carbonyl (C=O) groups is 1. The Morgan fingerprint density at radius 1 is 1.25 bits per heavy atom. The largest absolute Gasteiger partial charge is 0.393 e. The summed E-state index contributed by atoms with van der Waals surface area (Å²) in [6.07, 6.45) is 8.06. The van der Waals surface area contributed by atoms with Crippen LogP contribution in [-0.2, 0) is 0 Å². The van der Waals surface area contributed by atoms with Crippen LogP contribution in [0.5, 0.6) is 0 Å². The topological polar surface area (TPSA) is 52.6 Å². The normalized spacial score (nSPS) is 39.6. The second-order valence-corrected chi connectivity index (χ2v) is 7.69. The molecule has 4 saturated carbocycles. The molecular weight excluding hydrogens is 252 g/mol. The molecule has 0 aromatic carbocycles. The Labute approximate surface area is 121 Å². The lowest BCUT2D eigenvalue weighted by atomic mass is 9.53. The highest BCUT2D eigenvalue weighted by Crippen LogP contribution is 2.55. The first kappa shape index (κ1) is 14.2. The van der Waals surface area contributed by atoms with E-state index < -0.39 is 0 Å². The Hall–Kier alpha value is -0.770. The lowest BCUT2D eigenvalue weighted by Crippen LogP contribution is -2.61. The summed E-state index contributed by atoms with van der Waals surface area (Å²) in [5.41, 5.74) is 0.0882. The molecule has 2 N–H and O–H groups in total. The molecule has 4 nitrogen and oxygen atoms in total. The van der Waals surface area contributed by atoms with Gasteiger partial charge >= 0.3 is 6.03 Å². The van der Waals surface area contributed by atoms with E-state index in [1.54, 1.807) is 11.8 Å². The van der Waals surface area contributed by atoms with Crippen molar-refractivity contribution >= 4 is 6.03 Å². The van der Waals surface area contributed by atoms with Crippen molar-refractivity contribution in [1.82, 2.24) is 10.2 Å². The smallest absolute Gasteiger partial charge is 0.317 e. The zero-order chi connectivity index (χ0) is 14.3. The summed E-state index contributed by atoms with van der Waals surface area (Å²) in [5, 5.41) is 12.7. The number of hydrogen-bond donors (Lipinski definition) is 2. The first-order valence-corrected chi connectivity index (χ1v) is 8.17. The highest BCUT2D eigenvalue weighted by Gasteiger charge is 2.51. The Morgan fingerprint density at radius 2 is 1.75 bits per heavy atom. The van der Waals surface area contributed by atoms with Crippen molar-refractivity contribution in [3.8, 4) is 0 Å². The van der Waals surface area contributed by atoms with Crippen molar-refractivity contribution < 1.29 is 9.90 Å². The van der Waals surface area contributed by atoms with Crippen molar-refractivity contribution in [2.75, 3.05) is 13.6 Å². The molecule has 0 aromatic rings. The van der Waals surface area contributed by atoms with Crippen molar-refractivity contribution in [1.29, 1.82) is 0 Å². The lowest BCUT2D eigenvalue weighted by Gasteiger charge is -2.57. The van der Waals surface area contributed by atoms with Gasteiger partial charge in [0, 0.05) is 19.1 Å². The molecule has 4 rings (SSSR count). The molecule has 0 aromatic heterocycles. The first-order valence-electron chi connectivity index (χ1n) is 8.17. The van der Waals surface area contributed by atoms with Crippen molar-refractivity contribution in [2.45, 2.75) is 63.5 Å². The van der Waals surface area contributed by atoms with E-state index in [0.717, 1.165) is 17.8 Å². The maximum Gasteiger partial charge on any atom is 0.317 e. The van der Waals surface area contributed by atoms with Gasteiger partial charge in [-0.2, -0.15) is 0 Å². The molecule has 1 atom stereocenters. The molecule has 0 radical (unpaired) electrons. The predicted octanol–water partition coefficient (Wildman–Crippen LogP) is 2.37. The minimum atomic E-state index is -0.343. The third-order valence-electron chi connectivity index (χ3n) is 5.64. The molecule has 114 valence electrons. The van der Waals surface area contributed by atoms with Gasteiger partial charge in [0.25, 0.3) is 0 Å². The van der Waals surface area contributed by atoms with Crippen molar-refractivity contribution in [3.05, 3.63) is 0 Å². The van der Waals surface area contributed by atoms with Crippen LogP contribution in [0.25, 0.3) is 0 Å². The zero-order valence-corrected chi connectivity index (χ0v) is 12.8. The lowest BCUT2D eigenvalue weighted by molar-refractivity contribution is -0.0154. The molecule has 4 bridgehead atoms. The van der Waals surface area contributed by atoms with E-state index in [1.807, 2.05) is 7.05 Å². The molecular formula is C16H28N2O2. The molecule has 4 aliphatic carbocycles. The van der Waals surface area contributed by atoms with E-state index in [-0.39, 0.29) is 17.7 Å². The van der Waals surface area contributed by atoms with Crippen molar-refractivity contribution in [2.24, 2.45) is 17.8 Å². The van der Waals surface area contributed by atoms with Gasteiger partial charge in [0.15, 0.2) is 0 Å². The summed E-state index contributed by atoms with van der Waals surface area (Å²) >= 11 is 0. The third-order valence-corrected chi connectivity index (χ3v) is 5.64. The predicted molar refractivity (Wildman–Crippen MR) is 78.4 cm³/mol. The van der Waals surface area contributed by atoms with Crippen LogP contribution in [0.3, 0.4) is 0 Å². The van der Waals surface area contributed by atoms with Crippen LogP contribution in [0.15, 0.2) is 0 Å². The van der Waals surface area contributed by atoms with Gasteiger partial charge in [-0.3, -0.25) is 0 Å². The molecule has 4 heteroatoms. The third kappa shape index (κ3) is 2.80. The summed E-state index contributed by atoms with van der Waals surface area (Å²) in [7, 11) is 1.83. The summed E-state index contributed by atoms with van der Waals surface area (Å²) in [5.74, 6) is 2.55. The highest BCUT2D eigenvalue weighted by atomic mass is 16.3. The van der Waals surface area contributed by atoms with Crippen LogP contribution >= 0.6 is 0 Å². The van der Waals surface area contributed by atoms with Crippen molar-refractivity contribution in [3.63, 3.8) is 0 Å². The van der Waals surface area contributed by atoms with E-state index in [2.05, 4.69) is 5.32 Å². The molecule has 0 spiro atoms. The molecule has 4 fully saturated rings. The summed E-state index contributed by atoms with van der Waals surface area (Å²) in [6.45, 7) is 2.39. The van der Waals surface area contributed by atoms with Gasteiger partial charge < -0.3 is 15.3 Å². The summed E-state index contributed by atoms with van der Waals surface area (Å²) in [4.78, 5) is 14.1. The summed E-state index contributed by atoms with van der Waals surface area (Å²) in [6, 6.07) is 0.0487. The standard InChI is InChI=1S/C16H28N2O2/c1-11(19)3-4-18(2)15(20)17-16-8-12-5-13(9-16)7-14(6-12)10-16/h11-14,19H,3-10H2,1-2H3,(H,17,20). The van der Waals surface area contributed by atoms with Crippen LogP contribution in [0.2, 0.25) is 0 Å². The number of hydrogen-bond acceptors (Lipinski definition) is 2. The monoisotopic (exact) mass is 280 g/mol. The van der Waals surface area contributed by atoms with E-state index in [0.29, 0.717) is 13.0 Å². The van der Waals surface area contributed by atoms with E-state index >= 15 is 0 Å². The fourth-order valence-electron chi connectivity index (χ4n) is 5.07. The average molecular weight is 280 g/mol. The number of nitrogens with one attached hydrogen (secondary N) is 1. The Balaban J connectivity index is 1.58. The van der Waals surface area contributed by atoms with E-state index in [9.17, 15) is 9.90 Å². The summed E-state index contributed by atoms with van der Waals surface area (Å²) < 4.78 is 0. The number of amides is 2. The Morgan fingerprint density at radius 3 is 2.20 bits per heavy atom. The number of carbonyl (C=O) groups excluding carboxylic acids is 1. The molecule has 0 heterocycles. The van der Waals surface area contributed by atoms with Crippen LogP contribution < -0.4 is 5.32 Å². The van der Waals surface area contributed by atoms with Gasteiger partial charge in [0.1, 0.15) is 0 Å².